The van der Waals surface area contributed by atoms with Crippen molar-refractivity contribution < 1.29 is 14.3 Å². The zero-order chi connectivity index (χ0) is 15.0. The predicted octanol–water partition coefficient (Wildman–Crippen LogP) is 3.91. The van der Waals surface area contributed by atoms with E-state index in [0.717, 1.165) is 9.35 Å². The van der Waals surface area contributed by atoms with Gasteiger partial charge in [-0.25, -0.2) is 0 Å². The number of benzene rings is 1. The summed E-state index contributed by atoms with van der Waals surface area (Å²) in [7, 11) is 0. The molecule has 0 spiro atoms. The van der Waals surface area contributed by atoms with Crippen molar-refractivity contribution in [2.45, 2.75) is 6.42 Å². The van der Waals surface area contributed by atoms with Crippen LogP contribution in [-0.4, -0.2) is 11.1 Å². The number of thiophene rings is 1. The van der Waals surface area contributed by atoms with Crippen LogP contribution in [0.15, 0.2) is 48.7 Å². The summed E-state index contributed by atoms with van der Waals surface area (Å²) in [6, 6.07) is 8.25. The highest BCUT2D eigenvalue weighted by atomic mass is 79.9. The van der Waals surface area contributed by atoms with Crippen LogP contribution in [0.25, 0.3) is 22.3 Å². The van der Waals surface area contributed by atoms with Crippen LogP contribution in [0, 0.1) is 0 Å². The van der Waals surface area contributed by atoms with E-state index < -0.39 is 5.97 Å². The first-order chi connectivity index (χ1) is 10.0. The van der Waals surface area contributed by atoms with E-state index >= 15 is 0 Å². The lowest BCUT2D eigenvalue weighted by molar-refractivity contribution is -0.136. The van der Waals surface area contributed by atoms with Gasteiger partial charge in [-0.15, -0.1) is 11.3 Å². The maximum Gasteiger partial charge on any atom is 0.307 e. The summed E-state index contributed by atoms with van der Waals surface area (Å²) in [6.45, 7) is 0. The molecule has 0 amide bonds. The molecule has 2 heterocycles. The maximum absolute atomic E-state index is 12.2. The minimum atomic E-state index is -0.964. The second-order valence-corrected chi connectivity index (χ2v) is 6.77. The van der Waals surface area contributed by atoms with Gasteiger partial charge >= 0.3 is 5.97 Å². The van der Waals surface area contributed by atoms with Crippen molar-refractivity contribution in [3.05, 3.63) is 55.3 Å². The molecule has 4 nitrogen and oxygen atoms in total. The average Bonchev–Trinajstić information content (AvgIpc) is 2.85. The van der Waals surface area contributed by atoms with E-state index in [1.54, 1.807) is 18.2 Å². The highest BCUT2D eigenvalue weighted by Crippen LogP contribution is 2.30. The fraction of sp³-hybridized carbons (Fsp3) is 0.0667. The Balaban J connectivity index is 2.26. The molecule has 0 fully saturated rings. The average molecular weight is 365 g/mol. The molecule has 0 saturated heterocycles. The Hall–Kier alpha value is -1.92. The number of hydrogen-bond acceptors (Lipinski definition) is 4. The molecular weight excluding hydrogens is 356 g/mol. The third-order valence-corrected chi connectivity index (χ3v) is 4.53. The molecule has 3 rings (SSSR count). The zero-order valence-corrected chi connectivity index (χ0v) is 13.0. The Kier molecular flexibility index (Phi) is 3.65. The van der Waals surface area contributed by atoms with Gasteiger partial charge in [0.25, 0.3) is 0 Å². The number of halogens is 1. The van der Waals surface area contributed by atoms with Gasteiger partial charge in [0.05, 0.1) is 15.6 Å². The molecule has 1 N–H and O–H groups in total. The second-order valence-electron chi connectivity index (χ2n) is 4.48. The van der Waals surface area contributed by atoms with Gasteiger partial charge in [0.15, 0.2) is 5.43 Å². The van der Waals surface area contributed by atoms with Crippen LogP contribution in [0.4, 0.5) is 0 Å². The highest BCUT2D eigenvalue weighted by Gasteiger charge is 2.13. The number of carbonyl (C=O) groups is 1. The Morgan fingerprint density at radius 1 is 1.33 bits per heavy atom. The van der Waals surface area contributed by atoms with E-state index in [1.165, 1.54) is 17.4 Å². The Morgan fingerprint density at radius 3 is 2.81 bits per heavy atom. The summed E-state index contributed by atoms with van der Waals surface area (Å²) in [5.74, 6) is -0.527. The molecule has 0 aliphatic rings. The quantitative estimate of drug-likeness (QED) is 0.764. The number of fused-ring (bicyclic) bond motifs is 1. The van der Waals surface area contributed by atoms with Gasteiger partial charge in [0, 0.05) is 22.6 Å². The third kappa shape index (κ3) is 2.77. The first kappa shape index (κ1) is 14.0. The SMILES string of the molecule is O=C(O)Cc1cccc2c(=O)cc(-c3csc(Br)c3)oc12. The van der Waals surface area contributed by atoms with Crippen LogP contribution in [0.1, 0.15) is 5.56 Å². The lowest BCUT2D eigenvalue weighted by Crippen LogP contribution is -2.05. The molecule has 2 aromatic heterocycles. The van der Waals surface area contributed by atoms with Gasteiger partial charge in [-0.3, -0.25) is 9.59 Å². The van der Waals surface area contributed by atoms with Crippen LogP contribution in [0.5, 0.6) is 0 Å². The molecule has 1 aromatic carbocycles. The second kappa shape index (κ2) is 5.46. The molecular formula is C15H9BrO4S. The first-order valence-electron chi connectivity index (χ1n) is 6.06. The lowest BCUT2D eigenvalue weighted by Gasteiger charge is -2.05. The fourth-order valence-electron chi connectivity index (χ4n) is 2.12. The standard InChI is InChI=1S/C15H9BrO4S/c16-13-4-9(7-21-13)12-6-11(17)10-3-1-2-8(5-14(18)19)15(10)20-12/h1-4,6-7H,5H2,(H,18,19). The molecule has 3 aromatic rings. The summed E-state index contributed by atoms with van der Waals surface area (Å²) in [5, 5.41) is 11.2. The lowest BCUT2D eigenvalue weighted by atomic mass is 10.1. The number of rotatable bonds is 3. The summed E-state index contributed by atoms with van der Waals surface area (Å²) in [5.41, 5.74) is 1.44. The minimum Gasteiger partial charge on any atom is -0.481 e. The Labute approximate surface area is 131 Å². The van der Waals surface area contributed by atoms with Crippen LogP contribution in [-0.2, 0) is 11.2 Å². The van der Waals surface area contributed by atoms with Crippen molar-refractivity contribution in [2.75, 3.05) is 0 Å². The van der Waals surface area contributed by atoms with E-state index in [2.05, 4.69) is 15.9 Å². The molecule has 106 valence electrons. The van der Waals surface area contributed by atoms with Gasteiger partial charge in [0.1, 0.15) is 11.3 Å². The van der Waals surface area contributed by atoms with E-state index in [1.807, 2.05) is 11.4 Å². The monoisotopic (exact) mass is 364 g/mol. The molecule has 0 radical (unpaired) electrons. The van der Waals surface area contributed by atoms with Crippen molar-refractivity contribution >= 4 is 44.2 Å². The van der Waals surface area contributed by atoms with Gasteiger partial charge < -0.3 is 9.52 Å². The van der Waals surface area contributed by atoms with Crippen LogP contribution >= 0.6 is 27.3 Å². The van der Waals surface area contributed by atoms with Crippen molar-refractivity contribution in [2.24, 2.45) is 0 Å². The van der Waals surface area contributed by atoms with Crippen molar-refractivity contribution in [3.63, 3.8) is 0 Å². The normalized spacial score (nSPS) is 10.9. The Morgan fingerprint density at radius 2 is 2.14 bits per heavy atom. The number of aliphatic carboxylic acids is 1. The smallest absolute Gasteiger partial charge is 0.307 e. The molecule has 6 heteroatoms. The third-order valence-electron chi connectivity index (χ3n) is 3.03. The van der Waals surface area contributed by atoms with Gasteiger partial charge in [-0.2, -0.15) is 0 Å². The van der Waals surface area contributed by atoms with E-state index in [0.29, 0.717) is 22.3 Å². The molecule has 0 saturated carbocycles. The molecule has 0 unspecified atom stereocenters. The van der Waals surface area contributed by atoms with Crippen molar-refractivity contribution in [3.8, 4) is 11.3 Å². The summed E-state index contributed by atoms with van der Waals surface area (Å²) < 4.78 is 6.73. The topological polar surface area (TPSA) is 67.5 Å². The number of carboxylic acids is 1. The summed E-state index contributed by atoms with van der Waals surface area (Å²) >= 11 is 4.85. The molecule has 0 aliphatic carbocycles. The predicted molar refractivity (Wildman–Crippen MR) is 84.8 cm³/mol. The minimum absolute atomic E-state index is 0.180. The maximum atomic E-state index is 12.2. The molecule has 0 aliphatic heterocycles. The van der Waals surface area contributed by atoms with Gasteiger partial charge in [0.2, 0.25) is 0 Å². The van der Waals surface area contributed by atoms with E-state index in [9.17, 15) is 9.59 Å². The molecule has 0 bridgehead atoms. The zero-order valence-electron chi connectivity index (χ0n) is 10.6. The number of hydrogen-bond donors (Lipinski definition) is 1. The van der Waals surface area contributed by atoms with Gasteiger partial charge in [-0.1, -0.05) is 12.1 Å². The first-order valence-corrected chi connectivity index (χ1v) is 7.74. The van der Waals surface area contributed by atoms with E-state index in [-0.39, 0.29) is 11.8 Å². The number of para-hydroxylation sites is 1. The summed E-state index contributed by atoms with van der Waals surface area (Å²) in [6.07, 6.45) is -0.183. The fourth-order valence-corrected chi connectivity index (χ4v) is 3.27. The van der Waals surface area contributed by atoms with Gasteiger partial charge in [-0.05, 0) is 28.1 Å². The van der Waals surface area contributed by atoms with Crippen molar-refractivity contribution in [1.29, 1.82) is 0 Å². The van der Waals surface area contributed by atoms with E-state index in [4.69, 9.17) is 9.52 Å². The van der Waals surface area contributed by atoms with Crippen LogP contribution in [0.2, 0.25) is 0 Å². The molecule has 0 atom stereocenters. The number of carboxylic acid groups (broad SMARTS) is 1. The highest BCUT2D eigenvalue weighted by molar-refractivity contribution is 9.11. The van der Waals surface area contributed by atoms with Crippen molar-refractivity contribution in [1.82, 2.24) is 0 Å². The summed E-state index contributed by atoms with van der Waals surface area (Å²) in [4.78, 5) is 23.1. The molecule has 21 heavy (non-hydrogen) atoms. The van der Waals surface area contributed by atoms with Crippen LogP contribution in [0.3, 0.4) is 0 Å². The largest absolute Gasteiger partial charge is 0.481 e. The Bertz CT molecular complexity index is 894. The van der Waals surface area contributed by atoms with Crippen LogP contribution < -0.4 is 5.43 Å².